The van der Waals surface area contributed by atoms with E-state index < -0.39 is 17.8 Å². The van der Waals surface area contributed by atoms with Gasteiger partial charge in [-0.05, 0) is 24.6 Å². The quantitative estimate of drug-likeness (QED) is 0.899. The van der Waals surface area contributed by atoms with E-state index in [0.29, 0.717) is 38.3 Å². The zero-order valence-corrected chi connectivity index (χ0v) is 14.3. The molecular formula is C17H22F3N3O2. The highest BCUT2D eigenvalue weighted by Crippen LogP contribution is 2.31. The van der Waals surface area contributed by atoms with Crippen LogP contribution in [-0.2, 0) is 15.8 Å². The van der Waals surface area contributed by atoms with Gasteiger partial charge in [0.1, 0.15) is 6.04 Å². The number of nitrogens with zero attached hydrogens (tertiary/aromatic N) is 2. The average Bonchev–Trinajstić information content (AvgIpc) is 2.58. The molecule has 1 fully saturated rings. The van der Waals surface area contributed by atoms with Crippen molar-refractivity contribution in [3.8, 4) is 0 Å². The molecule has 1 heterocycles. The number of hydrogen-bond donors (Lipinski definition) is 1. The molecule has 1 aromatic rings. The van der Waals surface area contributed by atoms with E-state index in [0.717, 1.165) is 12.1 Å². The number of alkyl halides is 3. The molecule has 0 spiro atoms. The van der Waals surface area contributed by atoms with Crippen LogP contribution in [0.15, 0.2) is 24.3 Å². The van der Waals surface area contributed by atoms with Crippen molar-refractivity contribution in [2.75, 3.05) is 31.1 Å². The SMILES string of the molecule is CC[C@@H](NC(C)=O)C(=O)N1CCN(c2cccc(C(F)(F)F)c2)CC1. The number of anilines is 1. The Labute approximate surface area is 144 Å². The number of hydrogen-bond acceptors (Lipinski definition) is 3. The van der Waals surface area contributed by atoms with Crippen LogP contribution in [0.25, 0.3) is 0 Å². The van der Waals surface area contributed by atoms with Gasteiger partial charge in [0.05, 0.1) is 5.56 Å². The van der Waals surface area contributed by atoms with E-state index in [1.54, 1.807) is 11.0 Å². The molecule has 1 saturated heterocycles. The molecule has 2 amide bonds. The Kier molecular flexibility index (Phi) is 5.92. The lowest BCUT2D eigenvalue weighted by Gasteiger charge is -2.37. The summed E-state index contributed by atoms with van der Waals surface area (Å²) in [5, 5.41) is 2.62. The van der Waals surface area contributed by atoms with Crippen molar-refractivity contribution in [3.63, 3.8) is 0 Å². The summed E-state index contributed by atoms with van der Waals surface area (Å²) in [6.45, 7) is 4.89. The van der Waals surface area contributed by atoms with Gasteiger partial charge in [0.25, 0.3) is 0 Å². The number of nitrogens with one attached hydrogen (secondary N) is 1. The summed E-state index contributed by atoms with van der Waals surface area (Å²) in [6.07, 6.45) is -3.88. The molecule has 138 valence electrons. The first-order chi connectivity index (χ1) is 11.7. The summed E-state index contributed by atoms with van der Waals surface area (Å²) < 4.78 is 38.5. The van der Waals surface area contributed by atoms with Gasteiger partial charge in [-0.1, -0.05) is 13.0 Å². The third-order valence-corrected chi connectivity index (χ3v) is 4.21. The van der Waals surface area contributed by atoms with Gasteiger partial charge >= 0.3 is 6.18 Å². The minimum Gasteiger partial charge on any atom is -0.368 e. The molecule has 25 heavy (non-hydrogen) atoms. The van der Waals surface area contributed by atoms with Crippen LogP contribution in [0.4, 0.5) is 18.9 Å². The average molecular weight is 357 g/mol. The van der Waals surface area contributed by atoms with Gasteiger partial charge in [-0.25, -0.2) is 0 Å². The molecule has 1 aromatic carbocycles. The molecule has 5 nitrogen and oxygen atoms in total. The maximum atomic E-state index is 12.8. The van der Waals surface area contributed by atoms with E-state index in [4.69, 9.17) is 0 Å². The fourth-order valence-electron chi connectivity index (χ4n) is 2.87. The summed E-state index contributed by atoms with van der Waals surface area (Å²) in [7, 11) is 0. The van der Waals surface area contributed by atoms with Crippen LogP contribution in [-0.4, -0.2) is 48.9 Å². The van der Waals surface area contributed by atoms with E-state index in [1.807, 2.05) is 11.8 Å². The normalized spacial score (nSPS) is 16.5. The Morgan fingerprint density at radius 1 is 1.20 bits per heavy atom. The van der Waals surface area contributed by atoms with Gasteiger partial charge in [-0.15, -0.1) is 0 Å². The summed E-state index contributed by atoms with van der Waals surface area (Å²) in [6, 6.07) is 4.64. The summed E-state index contributed by atoms with van der Waals surface area (Å²) in [5.74, 6) is -0.413. The van der Waals surface area contributed by atoms with Crippen LogP contribution in [0.3, 0.4) is 0 Å². The van der Waals surface area contributed by atoms with Crippen LogP contribution in [0.1, 0.15) is 25.8 Å². The van der Waals surface area contributed by atoms with Gasteiger partial charge in [0.2, 0.25) is 11.8 Å². The predicted octanol–water partition coefficient (Wildman–Crippen LogP) is 2.27. The minimum absolute atomic E-state index is 0.151. The van der Waals surface area contributed by atoms with Gasteiger partial charge in [0, 0.05) is 38.8 Å². The standard InChI is InChI=1S/C17H22F3N3O2/c1-3-15(21-12(2)24)16(25)23-9-7-22(8-10-23)14-6-4-5-13(11-14)17(18,19)20/h4-6,11,15H,3,7-10H2,1-2H3,(H,21,24)/t15-/m1/s1. The lowest BCUT2D eigenvalue weighted by Crippen LogP contribution is -2.54. The molecule has 1 aliphatic rings. The summed E-state index contributed by atoms with van der Waals surface area (Å²) in [5.41, 5.74) is -0.184. The largest absolute Gasteiger partial charge is 0.416 e. The first-order valence-electron chi connectivity index (χ1n) is 8.20. The molecular weight excluding hydrogens is 335 g/mol. The van der Waals surface area contributed by atoms with E-state index in [2.05, 4.69) is 5.32 Å². The van der Waals surface area contributed by atoms with Crippen molar-refractivity contribution < 1.29 is 22.8 Å². The molecule has 0 aromatic heterocycles. The predicted molar refractivity (Wildman–Crippen MR) is 88.1 cm³/mol. The molecule has 2 rings (SSSR count). The number of carbonyl (C=O) groups is 2. The highest BCUT2D eigenvalue weighted by Gasteiger charge is 2.31. The Bertz CT molecular complexity index is 626. The van der Waals surface area contributed by atoms with Gasteiger partial charge in [0.15, 0.2) is 0 Å². The number of halogens is 3. The zero-order valence-electron chi connectivity index (χ0n) is 14.3. The first kappa shape index (κ1) is 19.1. The van der Waals surface area contributed by atoms with Crippen LogP contribution in [0, 0.1) is 0 Å². The fraction of sp³-hybridized carbons (Fsp3) is 0.529. The zero-order chi connectivity index (χ0) is 18.6. The monoisotopic (exact) mass is 357 g/mol. The van der Waals surface area contributed by atoms with Crippen molar-refractivity contribution in [3.05, 3.63) is 29.8 Å². The molecule has 0 radical (unpaired) electrons. The Morgan fingerprint density at radius 3 is 2.36 bits per heavy atom. The number of piperazine rings is 1. The number of amides is 2. The van der Waals surface area contributed by atoms with Gasteiger partial charge in [-0.3, -0.25) is 9.59 Å². The Balaban J connectivity index is 2.00. The van der Waals surface area contributed by atoms with Gasteiger partial charge < -0.3 is 15.1 Å². The second kappa shape index (κ2) is 7.76. The Morgan fingerprint density at radius 2 is 1.84 bits per heavy atom. The maximum Gasteiger partial charge on any atom is 0.416 e. The highest BCUT2D eigenvalue weighted by molar-refractivity contribution is 5.87. The van der Waals surface area contributed by atoms with Crippen LogP contribution < -0.4 is 10.2 Å². The van der Waals surface area contributed by atoms with Crippen molar-refractivity contribution in [1.29, 1.82) is 0 Å². The smallest absolute Gasteiger partial charge is 0.368 e. The van der Waals surface area contributed by atoms with Crippen LogP contribution in [0.5, 0.6) is 0 Å². The molecule has 0 unspecified atom stereocenters. The molecule has 8 heteroatoms. The summed E-state index contributed by atoms with van der Waals surface area (Å²) >= 11 is 0. The fourth-order valence-corrected chi connectivity index (χ4v) is 2.87. The molecule has 1 N–H and O–H groups in total. The molecule has 0 saturated carbocycles. The third kappa shape index (κ3) is 4.87. The topological polar surface area (TPSA) is 52.7 Å². The second-order valence-electron chi connectivity index (χ2n) is 6.02. The lowest BCUT2D eigenvalue weighted by molar-refractivity contribution is -0.137. The number of benzene rings is 1. The van der Waals surface area contributed by atoms with Crippen molar-refractivity contribution in [1.82, 2.24) is 10.2 Å². The summed E-state index contributed by atoms with van der Waals surface area (Å²) in [4.78, 5) is 27.1. The first-order valence-corrected chi connectivity index (χ1v) is 8.20. The van der Waals surface area contributed by atoms with Crippen molar-refractivity contribution in [2.45, 2.75) is 32.5 Å². The maximum absolute atomic E-state index is 12.8. The van der Waals surface area contributed by atoms with Crippen LogP contribution >= 0.6 is 0 Å². The Hall–Kier alpha value is -2.25. The molecule has 0 bridgehead atoms. The highest BCUT2D eigenvalue weighted by atomic mass is 19.4. The minimum atomic E-state index is -4.37. The van der Waals surface area contributed by atoms with Crippen molar-refractivity contribution in [2.24, 2.45) is 0 Å². The lowest BCUT2D eigenvalue weighted by atomic mass is 10.1. The number of carbonyl (C=O) groups excluding carboxylic acids is 2. The third-order valence-electron chi connectivity index (χ3n) is 4.21. The molecule has 0 aliphatic carbocycles. The number of rotatable bonds is 4. The van der Waals surface area contributed by atoms with Crippen molar-refractivity contribution >= 4 is 17.5 Å². The van der Waals surface area contributed by atoms with E-state index in [9.17, 15) is 22.8 Å². The molecule has 1 aliphatic heterocycles. The molecule has 1 atom stereocenters. The van der Waals surface area contributed by atoms with Crippen LogP contribution in [0.2, 0.25) is 0 Å². The van der Waals surface area contributed by atoms with Gasteiger partial charge in [-0.2, -0.15) is 13.2 Å². The second-order valence-corrected chi connectivity index (χ2v) is 6.02. The van der Waals surface area contributed by atoms with E-state index in [1.165, 1.54) is 13.0 Å². The van der Waals surface area contributed by atoms with E-state index >= 15 is 0 Å². The van der Waals surface area contributed by atoms with E-state index in [-0.39, 0.29) is 11.8 Å².